The van der Waals surface area contributed by atoms with Gasteiger partial charge >= 0.3 is 6.61 Å². The molecule has 168 valence electrons. The quantitative estimate of drug-likeness (QED) is 0.372. The number of aliphatic imine (C=N–C) groups is 1. The van der Waals surface area contributed by atoms with E-state index in [0.29, 0.717) is 23.0 Å². The molecule has 2 aliphatic rings. The highest BCUT2D eigenvalue weighted by atomic mass is 19.3. The van der Waals surface area contributed by atoms with Gasteiger partial charge in [-0.05, 0) is 45.6 Å². The van der Waals surface area contributed by atoms with Crippen molar-refractivity contribution < 1.29 is 23.0 Å². The zero-order valence-corrected chi connectivity index (χ0v) is 17.6. The minimum Gasteiger partial charge on any atom is -0.454 e. The first-order chi connectivity index (χ1) is 14.5. The zero-order valence-electron chi connectivity index (χ0n) is 17.6. The lowest BCUT2D eigenvalue weighted by Gasteiger charge is -2.20. The molecule has 0 bridgehead atoms. The normalized spacial score (nSPS) is 17.8. The lowest BCUT2D eigenvalue weighted by atomic mass is 10.1. The Bertz CT molecular complexity index is 720. The van der Waals surface area contributed by atoms with Gasteiger partial charge in [0.25, 0.3) is 0 Å². The molecule has 8 nitrogen and oxygen atoms in total. The Hall–Kier alpha value is -2.33. The number of hydrogen-bond acceptors (Lipinski definition) is 6. The molecule has 0 unspecified atom stereocenters. The van der Waals surface area contributed by atoms with E-state index in [1.165, 1.54) is 12.5 Å². The van der Waals surface area contributed by atoms with Gasteiger partial charge in [0.2, 0.25) is 6.79 Å². The SMILES string of the molecule is CN=C(NCCCN1CCCN(C)CC1)NCc1cc2c(cc1OC(F)F)OCO2. The van der Waals surface area contributed by atoms with Crippen LogP contribution in [0.4, 0.5) is 8.78 Å². The number of nitrogens with one attached hydrogen (secondary N) is 2. The predicted molar refractivity (Wildman–Crippen MR) is 111 cm³/mol. The van der Waals surface area contributed by atoms with Crippen molar-refractivity contribution in [2.75, 3.05) is 60.2 Å². The van der Waals surface area contributed by atoms with Gasteiger partial charge in [0, 0.05) is 44.9 Å². The number of benzene rings is 1. The molecule has 1 aromatic rings. The fourth-order valence-electron chi connectivity index (χ4n) is 3.54. The summed E-state index contributed by atoms with van der Waals surface area (Å²) >= 11 is 0. The van der Waals surface area contributed by atoms with E-state index >= 15 is 0 Å². The Morgan fingerprint density at radius 2 is 1.97 bits per heavy atom. The summed E-state index contributed by atoms with van der Waals surface area (Å²) in [6.45, 7) is 3.71. The van der Waals surface area contributed by atoms with E-state index in [1.807, 2.05) is 0 Å². The molecule has 10 heteroatoms. The first kappa shape index (κ1) is 22.4. The van der Waals surface area contributed by atoms with Crippen LogP contribution in [0, 0.1) is 0 Å². The van der Waals surface area contributed by atoms with Gasteiger partial charge in [-0.3, -0.25) is 4.99 Å². The Morgan fingerprint density at radius 3 is 2.73 bits per heavy atom. The largest absolute Gasteiger partial charge is 0.454 e. The summed E-state index contributed by atoms with van der Waals surface area (Å²) < 4.78 is 40.8. The maximum Gasteiger partial charge on any atom is 0.387 e. The first-order valence-electron chi connectivity index (χ1n) is 10.3. The van der Waals surface area contributed by atoms with E-state index in [2.05, 4.69) is 37.2 Å². The van der Waals surface area contributed by atoms with Gasteiger partial charge < -0.3 is 34.6 Å². The molecule has 0 atom stereocenters. The van der Waals surface area contributed by atoms with Gasteiger partial charge in [-0.15, -0.1) is 0 Å². The average Bonchev–Trinajstić information content (AvgIpc) is 3.07. The summed E-state index contributed by atoms with van der Waals surface area (Å²) in [5.74, 6) is 1.57. The predicted octanol–water partition coefficient (Wildman–Crippen LogP) is 1.71. The molecular formula is C20H31F2N5O3. The summed E-state index contributed by atoms with van der Waals surface area (Å²) in [5.41, 5.74) is 0.538. The van der Waals surface area contributed by atoms with Crippen LogP contribution in [0.25, 0.3) is 0 Å². The summed E-state index contributed by atoms with van der Waals surface area (Å²) in [7, 11) is 3.84. The van der Waals surface area contributed by atoms with Crippen molar-refractivity contribution in [2.24, 2.45) is 4.99 Å². The van der Waals surface area contributed by atoms with Gasteiger partial charge in [0.05, 0.1) is 0 Å². The third kappa shape index (κ3) is 6.60. The number of nitrogens with zero attached hydrogens (tertiary/aromatic N) is 3. The highest BCUT2D eigenvalue weighted by Crippen LogP contribution is 2.38. The van der Waals surface area contributed by atoms with Gasteiger partial charge in [-0.1, -0.05) is 0 Å². The topological polar surface area (TPSA) is 70.6 Å². The summed E-state index contributed by atoms with van der Waals surface area (Å²) in [6, 6.07) is 3.08. The standard InChI is InChI=1S/C20H31F2N5O3/c1-23-20(24-5-3-7-27-8-4-6-26(2)9-10-27)25-13-15-11-17-18(29-14-28-17)12-16(15)30-19(21)22/h11-12,19H,3-10,13-14H2,1-2H3,(H2,23,24,25). The number of likely N-dealkylation sites (N-methyl/N-ethyl adjacent to an activating group) is 1. The van der Waals surface area contributed by atoms with Crippen molar-refractivity contribution in [1.82, 2.24) is 20.4 Å². The van der Waals surface area contributed by atoms with Crippen molar-refractivity contribution in [2.45, 2.75) is 26.0 Å². The highest BCUT2D eigenvalue weighted by Gasteiger charge is 2.20. The third-order valence-electron chi connectivity index (χ3n) is 5.20. The number of rotatable bonds is 8. The number of guanidine groups is 1. The Morgan fingerprint density at radius 1 is 1.17 bits per heavy atom. The average molecular weight is 427 g/mol. The molecule has 30 heavy (non-hydrogen) atoms. The van der Waals surface area contributed by atoms with Crippen LogP contribution in [0.2, 0.25) is 0 Å². The number of fused-ring (bicyclic) bond motifs is 1. The number of halogens is 2. The van der Waals surface area contributed by atoms with Crippen LogP contribution in [0.1, 0.15) is 18.4 Å². The van der Waals surface area contributed by atoms with E-state index in [4.69, 9.17) is 9.47 Å². The van der Waals surface area contributed by atoms with Crippen molar-refractivity contribution >= 4 is 5.96 Å². The molecule has 2 N–H and O–H groups in total. The van der Waals surface area contributed by atoms with Gasteiger partial charge in [0.15, 0.2) is 17.5 Å². The van der Waals surface area contributed by atoms with E-state index in [1.54, 1.807) is 13.1 Å². The van der Waals surface area contributed by atoms with Gasteiger partial charge in [-0.25, -0.2) is 0 Å². The van der Waals surface area contributed by atoms with Crippen LogP contribution in [-0.4, -0.2) is 82.5 Å². The van der Waals surface area contributed by atoms with Gasteiger partial charge in [0.1, 0.15) is 5.75 Å². The van der Waals surface area contributed by atoms with Crippen molar-refractivity contribution in [3.63, 3.8) is 0 Å². The summed E-state index contributed by atoms with van der Waals surface area (Å²) in [6.07, 6.45) is 2.19. The maximum absolute atomic E-state index is 12.8. The van der Waals surface area contributed by atoms with E-state index in [-0.39, 0.29) is 19.1 Å². The van der Waals surface area contributed by atoms with Crippen LogP contribution in [0.15, 0.2) is 17.1 Å². The monoisotopic (exact) mass is 427 g/mol. The molecular weight excluding hydrogens is 396 g/mol. The molecule has 1 aromatic carbocycles. The molecule has 0 radical (unpaired) electrons. The fourth-order valence-corrected chi connectivity index (χ4v) is 3.54. The van der Waals surface area contributed by atoms with Crippen molar-refractivity contribution in [3.8, 4) is 17.2 Å². The van der Waals surface area contributed by atoms with Crippen LogP contribution < -0.4 is 24.8 Å². The van der Waals surface area contributed by atoms with Crippen LogP contribution in [-0.2, 0) is 6.54 Å². The molecule has 0 aromatic heterocycles. The van der Waals surface area contributed by atoms with Gasteiger partial charge in [-0.2, -0.15) is 8.78 Å². The molecule has 3 rings (SSSR count). The van der Waals surface area contributed by atoms with Crippen molar-refractivity contribution in [3.05, 3.63) is 17.7 Å². The van der Waals surface area contributed by atoms with Crippen molar-refractivity contribution in [1.29, 1.82) is 0 Å². The second-order valence-corrected chi connectivity index (χ2v) is 7.40. The molecule has 1 fully saturated rings. The van der Waals surface area contributed by atoms with Crippen LogP contribution in [0.5, 0.6) is 17.2 Å². The minimum absolute atomic E-state index is 0.0586. The molecule has 0 saturated carbocycles. The Kier molecular flexibility index (Phi) is 8.32. The lowest BCUT2D eigenvalue weighted by molar-refractivity contribution is -0.0505. The van der Waals surface area contributed by atoms with E-state index < -0.39 is 6.61 Å². The molecule has 0 amide bonds. The van der Waals surface area contributed by atoms with Crippen LogP contribution in [0.3, 0.4) is 0 Å². The Balaban J connectivity index is 1.46. The van der Waals surface area contributed by atoms with E-state index in [0.717, 1.165) is 45.7 Å². The molecule has 1 saturated heterocycles. The van der Waals surface area contributed by atoms with Crippen LogP contribution >= 0.6 is 0 Å². The highest BCUT2D eigenvalue weighted by molar-refractivity contribution is 5.79. The third-order valence-corrected chi connectivity index (χ3v) is 5.20. The number of hydrogen-bond donors (Lipinski definition) is 2. The summed E-state index contributed by atoms with van der Waals surface area (Å²) in [5, 5.41) is 6.42. The second-order valence-electron chi connectivity index (χ2n) is 7.40. The molecule has 0 aliphatic carbocycles. The first-order valence-corrected chi connectivity index (χ1v) is 10.3. The minimum atomic E-state index is -2.92. The number of alkyl halides is 2. The molecule has 2 heterocycles. The maximum atomic E-state index is 12.8. The zero-order chi connectivity index (χ0) is 21.3. The molecule has 0 spiro atoms. The summed E-state index contributed by atoms with van der Waals surface area (Å²) in [4.78, 5) is 9.06. The second kappa shape index (κ2) is 11.2. The number of ether oxygens (including phenoxy) is 3. The molecule has 2 aliphatic heterocycles. The fraction of sp³-hybridized carbons (Fsp3) is 0.650. The van der Waals surface area contributed by atoms with E-state index in [9.17, 15) is 8.78 Å². The lowest BCUT2D eigenvalue weighted by Crippen LogP contribution is -2.38. The Labute approximate surface area is 176 Å². The smallest absolute Gasteiger partial charge is 0.387 e.